The molecule has 6 heteroatoms. The van der Waals surface area contributed by atoms with Crippen LogP contribution < -0.4 is 5.32 Å². The summed E-state index contributed by atoms with van der Waals surface area (Å²) in [5, 5.41) is 2.91. The SMILES string of the molecule is CC(=O)c1ccc(-c2ccc(C(=O)O[C@H](C)C(=O)NC3CCCC3)o2)cc1. The summed E-state index contributed by atoms with van der Waals surface area (Å²) in [5.74, 6) is -0.478. The molecule has 1 saturated carbocycles. The predicted octanol–water partition coefficient (Wildman–Crippen LogP) is 3.75. The van der Waals surface area contributed by atoms with Crippen LogP contribution in [0.2, 0.25) is 0 Å². The van der Waals surface area contributed by atoms with E-state index in [-0.39, 0.29) is 23.5 Å². The van der Waals surface area contributed by atoms with Crippen LogP contribution >= 0.6 is 0 Å². The molecule has 0 saturated heterocycles. The van der Waals surface area contributed by atoms with Crippen LogP contribution in [-0.4, -0.2) is 29.8 Å². The summed E-state index contributed by atoms with van der Waals surface area (Å²) in [6, 6.07) is 10.2. The normalized spacial score (nSPS) is 15.3. The number of carbonyl (C=O) groups excluding carboxylic acids is 3. The molecule has 6 nitrogen and oxygen atoms in total. The lowest BCUT2D eigenvalue weighted by molar-refractivity contribution is -0.129. The molecule has 27 heavy (non-hydrogen) atoms. The van der Waals surface area contributed by atoms with E-state index in [1.165, 1.54) is 13.0 Å². The number of carbonyl (C=O) groups is 3. The van der Waals surface area contributed by atoms with Crippen molar-refractivity contribution in [3.05, 3.63) is 47.7 Å². The minimum Gasteiger partial charge on any atom is -0.449 e. The molecule has 1 aliphatic rings. The third-order valence-electron chi connectivity index (χ3n) is 4.74. The first-order chi connectivity index (χ1) is 12.9. The van der Waals surface area contributed by atoms with Gasteiger partial charge in [0.1, 0.15) is 5.76 Å². The van der Waals surface area contributed by atoms with Crippen LogP contribution in [0, 0.1) is 0 Å². The third kappa shape index (κ3) is 4.64. The van der Waals surface area contributed by atoms with Gasteiger partial charge in [-0.3, -0.25) is 9.59 Å². The van der Waals surface area contributed by atoms with E-state index in [2.05, 4.69) is 5.32 Å². The highest BCUT2D eigenvalue weighted by Crippen LogP contribution is 2.23. The summed E-state index contributed by atoms with van der Waals surface area (Å²) in [5.41, 5.74) is 1.35. The average molecular weight is 369 g/mol. The molecule has 0 bridgehead atoms. The zero-order valence-electron chi connectivity index (χ0n) is 15.5. The van der Waals surface area contributed by atoms with Crippen molar-refractivity contribution in [2.45, 2.75) is 51.7 Å². The minimum absolute atomic E-state index is 0.0184. The summed E-state index contributed by atoms with van der Waals surface area (Å²) in [4.78, 5) is 35.7. The third-order valence-corrected chi connectivity index (χ3v) is 4.74. The highest BCUT2D eigenvalue weighted by Gasteiger charge is 2.24. The van der Waals surface area contributed by atoms with Crippen LogP contribution in [0.25, 0.3) is 11.3 Å². The molecule has 1 aliphatic carbocycles. The van der Waals surface area contributed by atoms with Crippen molar-refractivity contribution in [3.8, 4) is 11.3 Å². The monoisotopic (exact) mass is 369 g/mol. The molecule has 3 rings (SSSR count). The van der Waals surface area contributed by atoms with Crippen molar-refractivity contribution >= 4 is 17.7 Å². The first-order valence-corrected chi connectivity index (χ1v) is 9.16. The lowest BCUT2D eigenvalue weighted by Crippen LogP contribution is -2.40. The standard InChI is InChI=1S/C21H23NO5/c1-13(23)15-7-9-16(10-8-15)18-11-12-19(27-18)21(25)26-14(2)20(24)22-17-5-3-4-6-17/h7-12,14,17H,3-6H2,1-2H3,(H,22,24)/t14-/m1/s1. The number of rotatable bonds is 6. The Morgan fingerprint density at radius 1 is 1.07 bits per heavy atom. The summed E-state index contributed by atoms with van der Waals surface area (Å²) in [7, 11) is 0. The molecule has 0 spiro atoms. The quantitative estimate of drug-likeness (QED) is 0.619. The molecule has 142 valence electrons. The molecule has 1 heterocycles. The fourth-order valence-electron chi connectivity index (χ4n) is 3.13. The predicted molar refractivity (Wildman–Crippen MR) is 99.4 cm³/mol. The topological polar surface area (TPSA) is 85.6 Å². The van der Waals surface area contributed by atoms with E-state index in [0.29, 0.717) is 11.3 Å². The molecular weight excluding hydrogens is 346 g/mol. The molecule has 1 atom stereocenters. The van der Waals surface area contributed by atoms with Gasteiger partial charge in [0.2, 0.25) is 5.76 Å². The Kier molecular flexibility index (Phi) is 5.74. The fourth-order valence-corrected chi connectivity index (χ4v) is 3.13. The average Bonchev–Trinajstić information content (AvgIpc) is 3.33. The van der Waals surface area contributed by atoms with Crippen LogP contribution in [0.4, 0.5) is 0 Å². The fraction of sp³-hybridized carbons (Fsp3) is 0.381. The Balaban J connectivity index is 1.60. The number of esters is 1. The molecule has 1 aromatic heterocycles. The lowest BCUT2D eigenvalue weighted by Gasteiger charge is -2.16. The molecule has 1 N–H and O–H groups in total. The Bertz CT molecular complexity index is 831. The maximum atomic E-state index is 12.2. The largest absolute Gasteiger partial charge is 0.449 e. The second-order valence-electron chi connectivity index (χ2n) is 6.83. The number of hydrogen-bond acceptors (Lipinski definition) is 5. The van der Waals surface area contributed by atoms with Gasteiger partial charge in [0, 0.05) is 17.2 Å². The molecule has 2 aromatic rings. The van der Waals surface area contributed by atoms with Gasteiger partial charge in [0.05, 0.1) is 0 Å². The van der Waals surface area contributed by atoms with E-state index in [0.717, 1.165) is 31.2 Å². The van der Waals surface area contributed by atoms with Crippen molar-refractivity contribution in [1.82, 2.24) is 5.32 Å². The van der Waals surface area contributed by atoms with E-state index in [1.807, 2.05) is 0 Å². The highest BCUT2D eigenvalue weighted by atomic mass is 16.6. The maximum absolute atomic E-state index is 12.2. The number of hydrogen-bond donors (Lipinski definition) is 1. The van der Waals surface area contributed by atoms with E-state index in [1.54, 1.807) is 37.3 Å². The minimum atomic E-state index is -0.887. The second-order valence-corrected chi connectivity index (χ2v) is 6.83. The van der Waals surface area contributed by atoms with Crippen LogP contribution in [0.1, 0.15) is 60.4 Å². The van der Waals surface area contributed by atoms with Crippen LogP contribution in [0.5, 0.6) is 0 Å². The van der Waals surface area contributed by atoms with Crippen molar-refractivity contribution in [2.75, 3.05) is 0 Å². The zero-order chi connectivity index (χ0) is 19.4. The number of Topliss-reactive ketones (excluding diaryl/α,β-unsaturated/α-hetero) is 1. The maximum Gasteiger partial charge on any atom is 0.375 e. The van der Waals surface area contributed by atoms with Crippen LogP contribution in [0.3, 0.4) is 0 Å². The first kappa shape index (κ1) is 18.9. The van der Waals surface area contributed by atoms with Gasteiger partial charge in [0.15, 0.2) is 11.9 Å². The van der Waals surface area contributed by atoms with Gasteiger partial charge in [-0.25, -0.2) is 4.79 Å². The van der Waals surface area contributed by atoms with E-state index in [4.69, 9.17) is 9.15 Å². The molecule has 0 unspecified atom stereocenters. The van der Waals surface area contributed by atoms with E-state index >= 15 is 0 Å². The van der Waals surface area contributed by atoms with E-state index < -0.39 is 12.1 Å². The molecule has 0 aliphatic heterocycles. The Labute approximate surface area is 157 Å². The smallest absolute Gasteiger partial charge is 0.375 e. The number of nitrogens with one attached hydrogen (secondary N) is 1. The van der Waals surface area contributed by atoms with E-state index in [9.17, 15) is 14.4 Å². The van der Waals surface area contributed by atoms with Gasteiger partial charge < -0.3 is 14.5 Å². The van der Waals surface area contributed by atoms with Crippen molar-refractivity contribution in [2.24, 2.45) is 0 Å². The summed E-state index contributed by atoms with van der Waals surface area (Å²) in [6.07, 6.45) is 3.28. The van der Waals surface area contributed by atoms with Crippen molar-refractivity contribution in [3.63, 3.8) is 0 Å². The molecule has 1 amide bonds. The zero-order valence-corrected chi connectivity index (χ0v) is 15.5. The number of ether oxygens (including phenoxy) is 1. The molecular formula is C21H23NO5. The van der Waals surface area contributed by atoms with Gasteiger partial charge in [-0.1, -0.05) is 37.1 Å². The summed E-state index contributed by atoms with van der Waals surface area (Å²) < 4.78 is 10.8. The van der Waals surface area contributed by atoms with Crippen molar-refractivity contribution in [1.29, 1.82) is 0 Å². The molecule has 1 fully saturated rings. The Hall–Kier alpha value is -2.89. The number of amides is 1. The van der Waals surface area contributed by atoms with Crippen molar-refractivity contribution < 1.29 is 23.5 Å². The first-order valence-electron chi connectivity index (χ1n) is 9.16. The van der Waals surface area contributed by atoms with Gasteiger partial charge in [-0.15, -0.1) is 0 Å². The summed E-state index contributed by atoms with van der Waals surface area (Å²) >= 11 is 0. The number of benzene rings is 1. The van der Waals surface area contributed by atoms with Crippen LogP contribution in [0.15, 0.2) is 40.8 Å². The van der Waals surface area contributed by atoms with Gasteiger partial charge >= 0.3 is 5.97 Å². The number of ketones is 1. The molecule has 0 radical (unpaired) electrons. The summed E-state index contributed by atoms with van der Waals surface area (Å²) in [6.45, 7) is 3.05. The Morgan fingerprint density at radius 3 is 2.37 bits per heavy atom. The number of furan rings is 1. The van der Waals surface area contributed by atoms with Gasteiger partial charge in [-0.05, 0) is 38.8 Å². The lowest BCUT2D eigenvalue weighted by atomic mass is 10.1. The highest BCUT2D eigenvalue weighted by molar-refractivity contribution is 5.94. The Morgan fingerprint density at radius 2 is 1.74 bits per heavy atom. The van der Waals surface area contributed by atoms with Gasteiger partial charge in [0.25, 0.3) is 5.91 Å². The molecule has 1 aromatic carbocycles. The second kappa shape index (κ2) is 8.20. The van der Waals surface area contributed by atoms with Crippen LogP contribution in [-0.2, 0) is 9.53 Å². The van der Waals surface area contributed by atoms with Gasteiger partial charge in [-0.2, -0.15) is 0 Å².